The van der Waals surface area contributed by atoms with Crippen molar-refractivity contribution in [3.8, 4) is 40.1 Å². The summed E-state index contributed by atoms with van der Waals surface area (Å²) < 4.78 is 9.52. The minimum absolute atomic E-state index is 0.597. The van der Waals surface area contributed by atoms with E-state index in [2.05, 4.69) is 225 Å². The van der Waals surface area contributed by atoms with Crippen LogP contribution in [0.15, 0.2) is 219 Å². The molecule has 0 aliphatic carbocycles. The van der Waals surface area contributed by atoms with Gasteiger partial charge >= 0.3 is 0 Å². The standard InChI is InChI=1S/C60H36N6/c61-36-38-16-15-17-39(34-38)48-35-56(66-50-27-12-8-23-43(50)45-31-33-54-58(60(45)66)47-25-10-14-29-52(47)64(54)41-20-5-2-6-21-41)62-37-55(48)65-49-26-11-7-22-42(49)44-30-32-53-57(59(44)65)46-24-9-13-28-51(46)63(53)40-18-3-1-4-19-40/h1-35,37H. The summed E-state index contributed by atoms with van der Waals surface area (Å²) in [6.07, 6.45) is 2.05. The van der Waals surface area contributed by atoms with Crippen molar-refractivity contribution in [2.24, 2.45) is 0 Å². The van der Waals surface area contributed by atoms with Crippen LogP contribution >= 0.6 is 0 Å². The fourth-order valence-electron chi connectivity index (χ4n) is 10.9. The number of benzene rings is 9. The summed E-state index contributed by atoms with van der Waals surface area (Å²) in [5.74, 6) is 0.790. The number of nitrogens with zero attached hydrogens (tertiary/aromatic N) is 6. The Morgan fingerprint density at radius 3 is 1.38 bits per heavy atom. The molecule has 5 aromatic heterocycles. The van der Waals surface area contributed by atoms with Crippen LogP contribution in [0.1, 0.15) is 5.56 Å². The number of hydrogen-bond donors (Lipinski definition) is 0. The van der Waals surface area contributed by atoms with Gasteiger partial charge in [0.15, 0.2) is 0 Å². The maximum Gasteiger partial charge on any atom is 0.138 e. The average Bonchev–Trinajstić information content (AvgIpc) is 4.12. The predicted molar refractivity (Wildman–Crippen MR) is 272 cm³/mol. The summed E-state index contributed by atoms with van der Waals surface area (Å²) in [5.41, 5.74) is 14.5. The van der Waals surface area contributed by atoms with Gasteiger partial charge in [0.1, 0.15) is 5.82 Å². The Balaban J connectivity index is 1.13. The zero-order valence-corrected chi connectivity index (χ0v) is 35.5. The second-order valence-electron chi connectivity index (χ2n) is 17.0. The van der Waals surface area contributed by atoms with Gasteiger partial charge in [-0.2, -0.15) is 5.26 Å². The van der Waals surface area contributed by atoms with Crippen molar-refractivity contribution in [2.75, 3.05) is 0 Å². The van der Waals surface area contributed by atoms with Gasteiger partial charge < -0.3 is 13.7 Å². The quantitative estimate of drug-likeness (QED) is 0.173. The Bertz CT molecular complexity index is 4350. The van der Waals surface area contributed by atoms with Gasteiger partial charge in [-0.05, 0) is 84.4 Å². The maximum atomic E-state index is 10.3. The minimum Gasteiger partial charge on any atom is -0.309 e. The first kappa shape index (κ1) is 36.3. The van der Waals surface area contributed by atoms with E-state index in [-0.39, 0.29) is 0 Å². The highest BCUT2D eigenvalue weighted by Gasteiger charge is 2.25. The zero-order valence-electron chi connectivity index (χ0n) is 35.5. The number of fused-ring (bicyclic) bond motifs is 14. The van der Waals surface area contributed by atoms with Crippen molar-refractivity contribution < 1.29 is 0 Å². The van der Waals surface area contributed by atoms with Crippen molar-refractivity contribution in [3.05, 3.63) is 224 Å². The highest BCUT2D eigenvalue weighted by atomic mass is 15.1. The van der Waals surface area contributed by atoms with E-state index < -0.39 is 0 Å². The molecule has 5 heterocycles. The molecule has 0 saturated carbocycles. The van der Waals surface area contributed by atoms with Gasteiger partial charge in [-0.1, -0.05) is 133 Å². The highest BCUT2D eigenvalue weighted by molar-refractivity contribution is 6.27. The maximum absolute atomic E-state index is 10.3. The normalized spacial score (nSPS) is 11.9. The van der Waals surface area contributed by atoms with Gasteiger partial charge in [-0.25, -0.2) is 4.98 Å². The Morgan fingerprint density at radius 2 is 0.833 bits per heavy atom. The molecule has 0 atom stereocenters. The fraction of sp³-hybridized carbons (Fsp3) is 0. The van der Waals surface area contributed by atoms with Crippen LogP contribution in [-0.2, 0) is 0 Å². The molecule has 0 aliphatic rings. The van der Waals surface area contributed by atoms with Crippen LogP contribution in [0.25, 0.3) is 121 Å². The van der Waals surface area contributed by atoms with E-state index in [1.807, 2.05) is 18.2 Å². The smallest absolute Gasteiger partial charge is 0.138 e. The van der Waals surface area contributed by atoms with Gasteiger partial charge in [0, 0.05) is 60.0 Å². The number of hydrogen-bond acceptors (Lipinski definition) is 2. The highest BCUT2D eigenvalue weighted by Crippen LogP contribution is 2.46. The molecule has 14 rings (SSSR count). The van der Waals surface area contributed by atoms with E-state index in [1.54, 1.807) is 0 Å². The van der Waals surface area contributed by atoms with E-state index in [4.69, 9.17) is 4.98 Å². The third-order valence-corrected chi connectivity index (χ3v) is 13.6. The van der Waals surface area contributed by atoms with E-state index in [0.29, 0.717) is 5.56 Å². The third kappa shape index (κ3) is 5.02. The number of aromatic nitrogens is 5. The number of rotatable bonds is 5. The monoisotopic (exact) mass is 840 g/mol. The Morgan fingerprint density at radius 1 is 0.364 bits per heavy atom. The lowest BCUT2D eigenvalue weighted by atomic mass is 10.0. The second-order valence-corrected chi connectivity index (χ2v) is 17.0. The topological polar surface area (TPSA) is 56.4 Å². The molecule has 0 unspecified atom stereocenters. The predicted octanol–water partition coefficient (Wildman–Crippen LogP) is 15.0. The van der Waals surface area contributed by atoms with Crippen molar-refractivity contribution in [2.45, 2.75) is 0 Å². The Hall–Kier alpha value is -9.18. The van der Waals surface area contributed by atoms with E-state index in [0.717, 1.165) is 99.7 Å². The first-order valence-corrected chi connectivity index (χ1v) is 22.3. The van der Waals surface area contributed by atoms with Crippen molar-refractivity contribution in [3.63, 3.8) is 0 Å². The van der Waals surface area contributed by atoms with Gasteiger partial charge in [-0.15, -0.1) is 0 Å². The lowest BCUT2D eigenvalue weighted by Crippen LogP contribution is -2.04. The first-order chi connectivity index (χ1) is 32.7. The lowest BCUT2D eigenvalue weighted by Gasteiger charge is -2.17. The molecule has 0 fully saturated rings. The third-order valence-electron chi connectivity index (χ3n) is 13.6. The average molecular weight is 841 g/mol. The molecule has 6 nitrogen and oxygen atoms in total. The summed E-state index contributed by atoms with van der Waals surface area (Å²) in [5, 5.41) is 19.6. The summed E-state index contributed by atoms with van der Waals surface area (Å²) in [7, 11) is 0. The molecule has 6 heteroatoms. The van der Waals surface area contributed by atoms with Crippen LogP contribution in [0.3, 0.4) is 0 Å². The van der Waals surface area contributed by atoms with Crippen LogP contribution in [0.5, 0.6) is 0 Å². The summed E-state index contributed by atoms with van der Waals surface area (Å²) in [4.78, 5) is 5.53. The molecule has 9 aromatic carbocycles. The SMILES string of the molecule is N#Cc1cccc(-c2cc(-n3c4ccccc4c4ccc5c(c6ccccc6n5-c5ccccc5)c43)ncc2-n2c3ccccc3c3ccc4c(c5ccccc5n4-c4ccccc4)c32)c1. The molecule has 0 N–H and O–H groups in total. The van der Waals surface area contributed by atoms with Gasteiger partial charge in [0.25, 0.3) is 0 Å². The lowest BCUT2D eigenvalue weighted by molar-refractivity contribution is 1.06. The van der Waals surface area contributed by atoms with Crippen molar-refractivity contribution in [1.29, 1.82) is 5.26 Å². The molecule has 0 aliphatic heterocycles. The Labute approximate surface area is 378 Å². The van der Waals surface area contributed by atoms with Gasteiger partial charge in [0.2, 0.25) is 0 Å². The molecule has 0 spiro atoms. The van der Waals surface area contributed by atoms with Crippen molar-refractivity contribution in [1.82, 2.24) is 23.3 Å². The first-order valence-electron chi connectivity index (χ1n) is 22.3. The van der Waals surface area contributed by atoms with Crippen LogP contribution in [0.2, 0.25) is 0 Å². The van der Waals surface area contributed by atoms with E-state index in [9.17, 15) is 5.26 Å². The number of pyridine rings is 1. The number of nitriles is 1. The van der Waals surface area contributed by atoms with Gasteiger partial charge in [-0.3, -0.25) is 4.57 Å². The second kappa shape index (κ2) is 13.9. The largest absolute Gasteiger partial charge is 0.309 e. The molecule has 0 amide bonds. The molecule has 0 saturated heterocycles. The summed E-state index contributed by atoms with van der Waals surface area (Å²) in [6, 6.07) is 77.8. The zero-order chi connectivity index (χ0) is 43.5. The molecular weight excluding hydrogens is 805 g/mol. The number of para-hydroxylation sites is 6. The molecule has 66 heavy (non-hydrogen) atoms. The van der Waals surface area contributed by atoms with E-state index >= 15 is 0 Å². The van der Waals surface area contributed by atoms with Crippen LogP contribution in [-0.4, -0.2) is 23.3 Å². The molecule has 14 aromatic rings. The summed E-state index contributed by atoms with van der Waals surface area (Å²) >= 11 is 0. The minimum atomic E-state index is 0.597. The molecule has 0 radical (unpaired) electrons. The van der Waals surface area contributed by atoms with Crippen LogP contribution in [0, 0.1) is 11.3 Å². The van der Waals surface area contributed by atoms with Crippen LogP contribution in [0.4, 0.5) is 0 Å². The molecular formula is C60H36N6. The van der Waals surface area contributed by atoms with Gasteiger partial charge in [0.05, 0.1) is 67.7 Å². The van der Waals surface area contributed by atoms with Crippen molar-refractivity contribution >= 4 is 87.2 Å². The summed E-state index contributed by atoms with van der Waals surface area (Å²) in [6.45, 7) is 0. The fourth-order valence-corrected chi connectivity index (χ4v) is 10.9. The van der Waals surface area contributed by atoms with E-state index in [1.165, 1.54) is 21.5 Å². The Kier molecular flexibility index (Phi) is 7.65. The molecule has 0 bridgehead atoms. The van der Waals surface area contributed by atoms with Crippen LogP contribution < -0.4 is 0 Å². The molecule has 306 valence electrons.